The quantitative estimate of drug-likeness (QED) is 0.128. The molecule has 1 heterocycles. The van der Waals surface area contributed by atoms with Gasteiger partial charge in [0.15, 0.2) is 4.34 Å². The van der Waals surface area contributed by atoms with E-state index in [0.29, 0.717) is 14.6 Å². The standard InChI is InChI=1S/C22H19N3O9S2/c1-3-33-20(29)17(21(30)34-4-2)36-22-24-13-9-8-11(10-15(13)35-22)23-18(26)12-6-5-7-14(25(31)32)16(12)19(27)28/h5-10,17H,3-4H2,1-2H3,(H,23,26)(H,27,28). The maximum atomic E-state index is 12.8. The first-order chi connectivity index (χ1) is 17.2. The van der Waals surface area contributed by atoms with Gasteiger partial charge in [-0.3, -0.25) is 24.5 Å². The van der Waals surface area contributed by atoms with Gasteiger partial charge in [-0.05, 0) is 38.1 Å². The summed E-state index contributed by atoms with van der Waals surface area (Å²) < 4.78 is 10.9. The molecule has 2 N–H and O–H groups in total. The highest BCUT2D eigenvalue weighted by Crippen LogP contribution is 2.34. The molecule has 36 heavy (non-hydrogen) atoms. The molecule has 0 spiro atoms. The number of anilines is 1. The Morgan fingerprint density at radius 3 is 2.39 bits per heavy atom. The fraction of sp³-hybridized carbons (Fsp3) is 0.227. The summed E-state index contributed by atoms with van der Waals surface area (Å²) in [5.41, 5.74) is -0.991. The zero-order valence-corrected chi connectivity index (χ0v) is 20.5. The molecule has 0 aliphatic heterocycles. The second-order valence-electron chi connectivity index (χ2n) is 6.88. The van der Waals surface area contributed by atoms with E-state index in [1.54, 1.807) is 26.0 Å². The molecule has 1 amide bonds. The predicted octanol–water partition coefficient (Wildman–Crippen LogP) is 3.74. The summed E-state index contributed by atoms with van der Waals surface area (Å²) in [5.74, 6) is -3.96. The number of carboxylic acid groups (broad SMARTS) is 1. The van der Waals surface area contributed by atoms with E-state index in [9.17, 15) is 34.4 Å². The molecule has 188 valence electrons. The summed E-state index contributed by atoms with van der Waals surface area (Å²) in [4.78, 5) is 63.5. The third-order valence-electron chi connectivity index (χ3n) is 4.54. The summed E-state index contributed by atoms with van der Waals surface area (Å²) in [6.45, 7) is 3.41. The number of nitro benzene ring substituents is 1. The second kappa shape index (κ2) is 11.6. The van der Waals surface area contributed by atoms with Gasteiger partial charge in [0.25, 0.3) is 11.6 Å². The van der Waals surface area contributed by atoms with Crippen molar-refractivity contribution in [2.24, 2.45) is 0 Å². The maximum Gasteiger partial charge on any atom is 0.343 e. The number of fused-ring (bicyclic) bond motifs is 1. The SMILES string of the molecule is CCOC(=O)C(Sc1nc2ccc(NC(=O)c3cccc([N+](=O)[O-])c3C(=O)O)cc2s1)C(=O)OCC. The Hall–Kier alpha value is -4.04. The molecule has 3 aromatic rings. The van der Waals surface area contributed by atoms with Gasteiger partial charge in [0.05, 0.1) is 33.9 Å². The Balaban J connectivity index is 1.86. The largest absolute Gasteiger partial charge is 0.477 e. The molecule has 0 aliphatic rings. The summed E-state index contributed by atoms with van der Waals surface area (Å²) >= 11 is 2.03. The average Bonchev–Trinajstić information content (AvgIpc) is 3.24. The number of thioether (sulfide) groups is 1. The summed E-state index contributed by atoms with van der Waals surface area (Å²) in [7, 11) is 0. The molecule has 0 unspecified atom stereocenters. The molecule has 2 aromatic carbocycles. The number of carboxylic acids is 1. The number of nitrogens with zero attached hydrogens (tertiary/aromatic N) is 2. The number of nitrogens with one attached hydrogen (secondary N) is 1. The lowest BCUT2D eigenvalue weighted by Crippen LogP contribution is -2.30. The number of carbonyl (C=O) groups excluding carboxylic acids is 3. The topological polar surface area (TPSA) is 175 Å². The zero-order valence-electron chi connectivity index (χ0n) is 18.9. The molecule has 0 atom stereocenters. The van der Waals surface area contributed by atoms with Crippen LogP contribution in [0.25, 0.3) is 10.2 Å². The summed E-state index contributed by atoms with van der Waals surface area (Å²) in [6, 6.07) is 8.07. The highest BCUT2D eigenvalue weighted by Gasteiger charge is 2.32. The predicted molar refractivity (Wildman–Crippen MR) is 131 cm³/mol. The Bertz CT molecular complexity index is 1340. The number of nitro groups is 1. The van der Waals surface area contributed by atoms with E-state index < -0.39 is 45.2 Å². The van der Waals surface area contributed by atoms with Crippen LogP contribution in [0.5, 0.6) is 0 Å². The lowest BCUT2D eigenvalue weighted by molar-refractivity contribution is -0.385. The number of rotatable bonds is 10. The van der Waals surface area contributed by atoms with Gasteiger partial charge in [-0.1, -0.05) is 17.8 Å². The van der Waals surface area contributed by atoms with Crippen LogP contribution in [-0.2, 0) is 19.1 Å². The molecule has 3 rings (SSSR count). The van der Waals surface area contributed by atoms with E-state index in [1.165, 1.54) is 18.2 Å². The number of aromatic nitrogens is 1. The van der Waals surface area contributed by atoms with Crippen molar-refractivity contribution in [2.75, 3.05) is 18.5 Å². The first-order valence-corrected chi connectivity index (χ1v) is 12.1. The number of ether oxygens (including phenoxy) is 2. The van der Waals surface area contributed by atoms with Crippen molar-refractivity contribution >= 4 is 68.5 Å². The fourth-order valence-corrected chi connectivity index (χ4v) is 5.23. The van der Waals surface area contributed by atoms with Gasteiger partial charge in [0.1, 0.15) is 5.56 Å². The summed E-state index contributed by atoms with van der Waals surface area (Å²) in [6.07, 6.45) is 0. The van der Waals surface area contributed by atoms with E-state index in [0.717, 1.165) is 29.2 Å². The van der Waals surface area contributed by atoms with E-state index in [1.807, 2.05) is 0 Å². The number of aromatic carboxylic acids is 1. The second-order valence-corrected chi connectivity index (χ2v) is 9.26. The normalized spacial score (nSPS) is 10.8. The van der Waals surface area contributed by atoms with Crippen molar-refractivity contribution in [1.82, 2.24) is 4.98 Å². The average molecular weight is 534 g/mol. The van der Waals surface area contributed by atoms with Crippen LogP contribution < -0.4 is 5.32 Å². The zero-order chi connectivity index (χ0) is 26.4. The lowest BCUT2D eigenvalue weighted by Gasteiger charge is -2.12. The number of hydrogen-bond acceptors (Lipinski definition) is 11. The van der Waals surface area contributed by atoms with Gasteiger partial charge < -0.3 is 19.9 Å². The van der Waals surface area contributed by atoms with E-state index in [2.05, 4.69) is 10.3 Å². The monoisotopic (exact) mass is 533 g/mol. The van der Waals surface area contributed by atoms with Crippen LogP contribution in [0.4, 0.5) is 11.4 Å². The Labute approximate surface area is 211 Å². The number of esters is 2. The van der Waals surface area contributed by atoms with Crippen LogP contribution in [0.1, 0.15) is 34.6 Å². The highest BCUT2D eigenvalue weighted by molar-refractivity contribution is 8.03. The third kappa shape index (κ3) is 5.95. The first-order valence-electron chi connectivity index (χ1n) is 10.4. The van der Waals surface area contributed by atoms with Crippen LogP contribution in [0.2, 0.25) is 0 Å². The van der Waals surface area contributed by atoms with Crippen molar-refractivity contribution in [1.29, 1.82) is 0 Å². The van der Waals surface area contributed by atoms with Crippen LogP contribution in [0, 0.1) is 10.1 Å². The minimum Gasteiger partial charge on any atom is -0.477 e. The molecule has 0 bridgehead atoms. The molecule has 0 saturated heterocycles. The van der Waals surface area contributed by atoms with Gasteiger partial charge in [-0.2, -0.15) is 0 Å². The van der Waals surface area contributed by atoms with Crippen LogP contribution >= 0.6 is 23.1 Å². The van der Waals surface area contributed by atoms with Crippen LogP contribution in [0.15, 0.2) is 40.7 Å². The van der Waals surface area contributed by atoms with Gasteiger partial charge in [-0.15, -0.1) is 11.3 Å². The van der Waals surface area contributed by atoms with E-state index >= 15 is 0 Å². The summed E-state index contributed by atoms with van der Waals surface area (Å²) in [5, 5.41) is 21.9. The Kier molecular flexibility index (Phi) is 8.55. The highest BCUT2D eigenvalue weighted by atomic mass is 32.2. The van der Waals surface area contributed by atoms with Crippen molar-refractivity contribution in [2.45, 2.75) is 23.4 Å². The minimum absolute atomic E-state index is 0.0896. The van der Waals surface area contributed by atoms with E-state index in [4.69, 9.17) is 9.47 Å². The number of amides is 1. The third-order valence-corrected chi connectivity index (χ3v) is 6.81. The van der Waals surface area contributed by atoms with Gasteiger partial charge in [-0.25, -0.2) is 9.78 Å². The lowest BCUT2D eigenvalue weighted by atomic mass is 10.0. The van der Waals surface area contributed by atoms with Crippen molar-refractivity contribution in [3.05, 3.63) is 57.6 Å². The molecule has 0 saturated carbocycles. The van der Waals surface area contributed by atoms with Gasteiger partial charge >= 0.3 is 17.9 Å². The fourth-order valence-electron chi connectivity index (χ4n) is 3.07. The van der Waals surface area contributed by atoms with E-state index in [-0.39, 0.29) is 24.5 Å². The number of thiazole rings is 1. The van der Waals surface area contributed by atoms with Gasteiger partial charge in [0.2, 0.25) is 5.25 Å². The minimum atomic E-state index is -1.61. The smallest absolute Gasteiger partial charge is 0.343 e. The number of hydrogen-bond donors (Lipinski definition) is 2. The number of carbonyl (C=O) groups is 4. The molecule has 0 aliphatic carbocycles. The van der Waals surface area contributed by atoms with Crippen LogP contribution in [0.3, 0.4) is 0 Å². The number of benzene rings is 2. The molecule has 12 nitrogen and oxygen atoms in total. The van der Waals surface area contributed by atoms with Crippen molar-refractivity contribution in [3.63, 3.8) is 0 Å². The molecular weight excluding hydrogens is 514 g/mol. The molecule has 0 radical (unpaired) electrons. The molecule has 0 fully saturated rings. The van der Waals surface area contributed by atoms with Crippen molar-refractivity contribution < 1.29 is 38.7 Å². The molecule has 14 heteroatoms. The Morgan fingerprint density at radius 2 is 1.81 bits per heavy atom. The van der Waals surface area contributed by atoms with Gasteiger partial charge in [0, 0.05) is 11.8 Å². The van der Waals surface area contributed by atoms with Crippen LogP contribution in [-0.4, -0.2) is 57.3 Å². The van der Waals surface area contributed by atoms with Crippen molar-refractivity contribution in [3.8, 4) is 0 Å². The Morgan fingerprint density at radius 1 is 1.14 bits per heavy atom. The first kappa shape index (κ1) is 26.6. The maximum absolute atomic E-state index is 12.8. The molecular formula is C22H19N3O9S2. The molecule has 1 aromatic heterocycles.